The Bertz CT molecular complexity index is 694. The zero-order valence-corrected chi connectivity index (χ0v) is 15.7. The van der Waals surface area contributed by atoms with Gasteiger partial charge in [-0.1, -0.05) is 28.8 Å². The quantitative estimate of drug-likeness (QED) is 0.819. The standard InChI is InChI=1S/C19H26ClN4O/c1-3-24(13-16-5-4-6-17(20)11-16)14-19(12-21-24)22-18-7-9-23(10-8-18)15(2)25/h4-6,11-12,14,18,22H,3,7-10,13H2,1-2H3/q+1. The van der Waals surface area contributed by atoms with Gasteiger partial charge in [-0.25, -0.2) is 0 Å². The third-order valence-electron chi connectivity index (χ3n) is 5.01. The fourth-order valence-corrected chi connectivity index (χ4v) is 3.69. The fraction of sp³-hybridized carbons (Fsp3) is 0.474. The minimum atomic E-state index is 0.170. The summed E-state index contributed by atoms with van der Waals surface area (Å²) in [6, 6.07) is 8.37. The number of benzene rings is 1. The summed E-state index contributed by atoms with van der Waals surface area (Å²) in [6.45, 7) is 7.12. The van der Waals surface area contributed by atoms with E-state index in [9.17, 15) is 4.79 Å². The van der Waals surface area contributed by atoms with Crippen molar-refractivity contribution in [2.75, 3.05) is 19.6 Å². The van der Waals surface area contributed by atoms with Crippen LogP contribution in [-0.2, 0) is 11.3 Å². The van der Waals surface area contributed by atoms with E-state index in [2.05, 4.69) is 24.5 Å². The molecule has 1 aromatic rings. The first kappa shape index (κ1) is 18.0. The van der Waals surface area contributed by atoms with Gasteiger partial charge in [0, 0.05) is 36.6 Å². The molecule has 1 atom stereocenters. The highest BCUT2D eigenvalue weighted by Gasteiger charge is 2.30. The predicted octanol–water partition coefficient (Wildman–Crippen LogP) is 3.12. The number of halogens is 1. The first-order valence-electron chi connectivity index (χ1n) is 8.91. The summed E-state index contributed by atoms with van der Waals surface area (Å²) < 4.78 is 0.551. The van der Waals surface area contributed by atoms with Gasteiger partial charge in [0.25, 0.3) is 0 Å². The van der Waals surface area contributed by atoms with Gasteiger partial charge in [-0.15, -0.1) is 0 Å². The molecule has 1 fully saturated rings. The molecule has 3 rings (SSSR count). The van der Waals surface area contributed by atoms with Crippen LogP contribution in [0, 0.1) is 0 Å². The van der Waals surface area contributed by atoms with E-state index in [-0.39, 0.29) is 5.91 Å². The van der Waals surface area contributed by atoms with Gasteiger partial charge in [-0.3, -0.25) is 4.79 Å². The van der Waals surface area contributed by atoms with Gasteiger partial charge in [0.05, 0.1) is 0 Å². The van der Waals surface area contributed by atoms with E-state index in [1.165, 1.54) is 5.56 Å². The van der Waals surface area contributed by atoms with Crippen molar-refractivity contribution in [3.05, 3.63) is 46.7 Å². The average molecular weight is 362 g/mol. The molecular weight excluding hydrogens is 336 g/mol. The SMILES string of the molecule is CC[N+]1(Cc2cccc(Cl)c2)C=C(NC2CCN(C(C)=O)CC2)C=N1. The molecule has 25 heavy (non-hydrogen) atoms. The molecule has 0 saturated carbocycles. The van der Waals surface area contributed by atoms with E-state index in [1.54, 1.807) is 6.92 Å². The summed E-state index contributed by atoms with van der Waals surface area (Å²) in [7, 11) is 0. The summed E-state index contributed by atoms with van der Waals surface area (Å²) >= 11 is 6.11. The number of quaternary nitrogens is 1. The van der Waals surface area contributed by atoms with Gasteiger partial charge in [0.15, 0.2) is 0 Å². The number of carbonyl (C=O) groups excluding carboxylic acids is 1. The lowest BCUT2D eigenvalue weighted by Gasteiger charge is -2.32. The third-order valence-corrected chi connectivity index (χ3v) is 5.25. The number of piperidine rings is 1. The minimum absolute atomic E-state index is 0.170. The molecular formula is C19H26ClN4O+. The lowest BCUT2D eigenvalue weighted by atomic mass is 10.0. The second-order valence-corrected chi connectivity index (χ2v) is 7.28. The molecule has 5 nitrogen and oxygen atoms in total. The van der Waals surface area contributed by atoms with Gasteiger partial charge < -0.3 is 10.2 Å². The molecule has 1 N–H and O–H groups in total. The number of allylic oxidation sites excluding steroid dienone is 1. The molecule has 6 heteroatoms. The van der Waals surface area contributed by atoms with Gasteiger partial charge >= 0.3 is 0 Å². The molecule has 1 amide bonds. The van der Waals surface area contributed by atoms with Crippen molar-refractivity contribution in [1.82, 2.24) is 10.2 Å². The van der Waals surface area contributed by atoms with Crippen molar-refractivity contribution in [2.45, 2.75) is 39.3 Å². The summed E-state index contributed by atoms with van der Waals surface area (Å²) in [4.78, 5) is 13.4. The molecule has 0 spiro atoms. The van der Waals surface area contributed by atoms with E-state index in [1.807, 2.05) is 29.3 Å². The summed E-state index contributed by atoms with van der Waals surface area (Å²) in [6.07, 6.45) is 6.08. The Morgan fingerprint density at radius 2 is 2.16 bits per heavy atom. The third kappa shape index (κ3) is 4.41. The van der Waals surface area contributed by atoms with Crippen LogP contribution in [0.1, 0.15) is 32.3 Å². The number of nitrogens with zero attached hydrogens (tertiary/aromatic N) is 3. The molecule has 1 aromatic carbocycles. The molecule has 0 radical (unpaired) electrons. The van der Waals surface area contributed by atoms with Crippen molar-refractivity contribution < 1.29 is 9.39 Å². The van der Waals surface area contributed by atoms with Crippen LogP contribution >= 0.6 is 11.6 Å². The number of amides is 1. The van der Waals surface area contributed by atoms with E-state index in [4.69, 9.17) is 16.7 Å². The van der Waals surface area contributed by atoms with E-state index < -0.39 is 0 Å². The molecule has 0 aromatic heterocycles. The molecule has 1 unspecified atom stereocenters. The van der Waals surface area contributed by atoms with Crippen molar-refractivity contribution >= 4 is 23.7 Å². The Balaban J connectivity index is 1.62. The number of carbonyl (C=O) groups is 1. The van der Waals surface area contributed by atoms with Crippen LogP contribution < -0.4 is 5.32 Å². The van der Waals surface area contributed by atoms with E-state index in [0.29, 0.717) is 10.6 Å². The topological polar surface area (TPSA) is 44.7 Å². The zero-order chi connectivity index (χ0) is 17.9. The Morgan fingerprint density at radius 3 is 2.80 bits per heavy atom. The van der Waals surface area contributed by atoms with Crippen LogP contribution in [0.4, 0.5) is 0 Å². The maximum Gasteiger partial charge on any atom is 0.219 e. The van der Waals surface area contributed by atoms with Crippen molar-refractivity contribution in [2.24, 2.45) is 5.10 Å². The van der Waals surface area contributed by atoms with Crippen LogP contribution in [0.5, 0.6) is 0 Å². The smallest absolute Gasteiger partial charge is 0.219 e. The fourth-order valence-electron chi connectivity index (χ4n) is 3.47. The summed E-state index contributed by atoms with van der Waals surface area (Å²) in [5.74, 6) is 0.170. The lowest BCUT2D eigenvalue weighted by Crippen LogP contribution is -2.44. The van der Waals surface area contributed by atoms with Gasteiger partial charge in [-0.2, -0.15) is 4.59 Å². The van der Waals surface area contributed by atoms with Gasteiger partial charge in [0.2, 0.25) is 5.91 Å². The maximum absolute atomic E-state index is 11.4. The normalized spacial score (nSPS) is 23.6. The maximum atomic E-state index is 11.4. The Morgan fingerprint density at radius 1 is 1.40 bits per heavy atom. The highest BCUT2D eigenvalue weighted by atomic mass is 35.5. The number of hydrogen-bond acceptors (Lipinski definition) is 3. The van der Waals surface area contributed by atoms with Crippen LogP contribution in [-0.4, -0.2) is 47.3 Å². The van der Waals surface area contributed by atoms with Crippen LogP contribution in [0.3, 0.4) is 0 Å². The Hall–Kier alpha value is -1.85. The predicted molar refractivity (Wildman–Crippen MR) is 101 cm³/mol. The summed E-state index contributed by atoms with van der Waals surface area (Å²) in [5, 5.41) is 9.10. The van der Waals surface area contributed by atoms with Gasteiger partial charge in [0.1, 0.15) is 31.2 Å². The molecule has 0 aliphatic carbocycles. The Labute approximate surface area is 154 Å². The number of hydrogen-bond donors (Lipinski definition) is 1. The molecule has 2 aliphatic heterocycles. The Kier molecular flexibility index (Phi) is 5.45. The number of rotatable bonds is 5. The first-order chi connectivity index (χ1) is 12.0. The summed E-state index contributed by atoms with van der Waals surface area (Å²) in [5.41, 5.74) is 2.25. The monoisotopic (exact) mass is 361 g/mol. The number of nitrogens with one attached hydrogen (secondary N) is 1. The molecule has 2 heterocycles. The number of likely N-dealkylation sites (tertiary alicyclic amines) is 1. The highest BCUT2D eigenvalue weighted by Crippen LogP contribution is 2.24. The highest BCUT2D eigenvalue weighted by molar-refractivity contribution is 6.30. The largest absolute Gasteiger partial charge is 0.376 e. The molecule has 134 valence electrons. The zero-order valence-electron chi connectivity index (χ0n) is 14.9. The lowest BCUT2D eigenvalue weighted by molar-refractivity contribution is -0.895. The first-order valence-corrected chi connectivity index (χ1v) is 9.29. The van der Waals surface area contributed by atoms with Gasteiger partial charge in [-0.05, 0) is 31.9 Å². The van der Waals surface area contributed by atoms with E-state index in [0.717, 1.165) is 49.7 Å². The van der Waals surface area contributed by atoms with Crippen LogP contribution in [0.25, 0.3) is 0 Å². The van der Waals surface area contributed by atoms with Crippen LogP contribution in [0.2, 0.25) is 5.02 Å². The molecule has 1 saturated heterocycles. The van der Waals surface area contributed by atoms with Crippen molar-refractivity contribution in [3.8, 4) is 0 Å². The second kappa shape index (κ2) is 7.58. The van der Waals surface area contributed by atoms with Crippen LogP contribution in [0.15, 0.2) is 41.3 Å². The van der Waals surface area contributed by atoms with E-state index >= 15 is 0 Å². The molecule has 0 bridgehead atoms. The average Bonchev–Trinajstić information content (AvgIpc) is 2.98. The molecule has 2 aliphatic rings. The second-order valence-electron chi connectivity index (χ2n) is 6.85. The van der Waals surface area contributed by atoms with Crippen molar-refractivity contribution in [1.29, 1.82) is 0 Å². The minimum Gasteiger partial charge on any atom is -0.376 e. The van der Waals surface area contributed by atoms with Crippen molar-refractivity contribution in [3.63, 3.8) is 0 Å².